The third kappa shape index (κ3) is 6.13. The van der Waals surface area contributed by atoms with Crippen molar-refractivity contribution in [2.75, 3.05) is 13.7 Å². The smallest absolute Gasteiger partial charge is 0.406 e. The molecule has 0 N–H and O–H groups in total. The summed E-state index contributed by atoms with van der Waals surface area (Å²) in [5.74, 6) is -1.51. The molecular weight excluding hydrogens is 376 g/mol. The summed E-state index contributed by atoms with van der Waals surface area (Å²) in [4.78, 5) is 12.9. The van der Waals surface area contributed by atoms with Crippen molar-refractivity contribution in [3.8, 4) is 11.8 Å². The van der Waals surface area contributed by atoms with Gasteiger partial charge < -0.3 is 9.64 Å². The van der Waals surface area contributed by atoms with E-state index in [1.54, 1.807) is 0 Å². The van der Waals surface area contributed by atoms with Gasteiger partial charge in [0.05, 0.1) is 18.7 Å². The van der Waals surface area contributed by atoms with Crippen molar-refractivity contribution in [1.29, 1.82) is 5.26 Å². The molecule has 0 saturated carbocycles. The van der Waals surface area contributed by atoms with Gasteiger partial charge in [-0.25, -0.2) is 4.39 Å². The Morgan fingerprint density at radius 2 is 1.89 bits per heavy atom. The van der Waals surface area contributed by atoms with Gasteiger partial charge in [0.2, 0.25) is 5.91 Å². The van der Waals surface area contributed by atoms with E-state index in [1.165, 1.54) is 49.6 Å². The minimum atomic E-state index is -4.58. The fraction of sp³-hybridized carbons (Fsp3) is 0.200. The first kappa shape index (κ1) is 21.0. The van der Waals surface area contributed by atoms with E-state index in [4.69, 9.17) is 10.00 Å². The predicted molar refractivity (Wildman–Crippen MR) is 94.6 cm³/mol. The van der Waals surface area contributed by atoms with Gasteiger partial charge in [-0.3, -0.25) is 4.79 Å². The first-order valence-electron chi connectivity index (χ1n) is 8.08. The van der Waals surface area contributed by atoms with E-state index >= 15 is 0 Å². The van der Waals surface area contributed by atoms with Crippen LogP contribution in [0.4, 0.5) is 17.6 Å². The molecule has 28 heavy (non-hydrogen) atoms. The molecule has 0 aliphatic rings. The number of hydrogen-bond acceptors (Lipinski definition) is 3. The summed E-state index contributed by atoms with van der Waals surface area (Å²) in [5, 5.41) is 8.78. The van der Waals surface area contributed by atoms with Crippen LogP contribution in [-0.4, -0.2) is 30.6 Å². The molecule has 2 rings (SSSR count). The number of amides is 1. The highest BCUT2D eigenvalue weighted by molar-refractivity contribution is 5.91. The zero-order chi connectivity index (χ0) is 20.7. The Hall–Kier alpha value is -3.34. The number of halogens is 4. The van der Waals surface area contributed by atoms with Gasteiger partial charge in [-0.05, 0) is 41.5 Å². The van der Waals surface area contributed by atoms with E-state index in [1.807, 2.05) is 6.07 Å². The van der Waals surface area contributed by atoms with Crippen LogP contribution >= 0.6 is 0 Å². The number of rotatable bonds is 6. The standard InChI is InChI=1S/C20H16F4N2O2/c1-28-18-8-6-14(10-17(18)21)7-9-19(27)26(13-20(22,23)24)12-16-4-2-15(11-25)3-5-16/h2-10H,12-13H2,1H3. The van der Waals surface area contributed by atoms with Crippen LogP contribution in [0.2, 0.25) is 0 Å². The average Bonchev–Trinajstić information content (AvgIpc) is 2.65. The second-order valence-corrected chi connectivity index (χ2v) is 5.85. The molecule has 0 heterocycles. The average molecular weight is 392 g/mol. The molecule has 0 spiro atoms. The molecule has 2 aromatic rings. The Morgan fingerprint density at radius 3 is 2.43 bits per heavy atom. The summed E-state index contributed by atoms with van der Waals surface area (Å²) < 4.78 is 57.0. The van der Waals surface area contributed by atoms with E-state index in [9.17, 15) is 22.4 Å². The fourth-order valence-corrected chi connectivity index (χ4v) is 2.39. The molecule has 0 fully saturated rings. The van der Waals surface area contributed by atoms with Crippen molar-refractivity contribution < 1.29 is 27.1 Å². The number of nitriles is 1. The summed E-state index contributed by atoms with van der Waals surface area (Å²) in [6, 6.07) is 11.7. The lowest BCUT2D eigenvalue weighted by atomic mass is 10.1. The molecular formula is C20H16F4N2O2. The maximum absolute atomic E-state index is 13.7. The van der Waals surface area contributed by atoms with Gasteiger partial charge in [-0.2, -0.15) is 18.4 Å². The van der Waals surface area contributed by atoms with Gasteiger partial charge in [0, 0.05) is 12.6 Å². The van der Waals surface area contributed by atoms with E-state index in [-0.39, 0.29) is 12.3 Å². The molecule has 0 aliphatic carbocycles. The number of ether oxygens (including phenoxy) is 1. The second-order valence-electron chi connectivity index (χ2n) is 5.85. The van der Waals surface area contributed by atoms with Crippen molar-refractivity contribution in [3.05, 3.63) is 71.0 Å². The lowest BCUT2D eigenvalue weighted by Gasteiger charge is -2.23. The van der Waals surface area contributed by atoms with Crippen molar-refractivity contribution >= 4 is 12.0 Å². The number of benzene rings is 2. The molecule has 2 aromatic carbocycles. The molecule has 0 unspecified atom stereocenters. The van der Waals surface area contributed by atoms with Crippen molar-refractivity contribution in [3.63, 3.8) is 0 Å². The second kappa shape index (κ2) is 9.04. The Morgan fingerprint density at radius 1 is 1.21 bits per heavy atom. The first-order chi connectivity index (χ1) is 13.2. The van der Waals surface area contributed by atoms with Crippen LogP contribution in [0.15, 0.2) is 48.5 Å². The minimum Gasteiger partial charge on any atom is -0.494 e. The topological polar surface area (TPSA) is 53.3 Å². The summed E-state index contributed by atoms with van der Waals surface area (Å²) in [6.45, 7) is -1.72. The van der Waals surface area contributed by atoms with Crippen LogP contribution < -0.4 is 4.74 Å². The lowest BCUT2D eigenvalue weighted by Crippen LogP contribution is -2.37. The van der Waals surface area contributed by atoms with Crippen LogP contribution in [0.5, 0.6) is 5.75 Å². The third-order valence-corrected chi connectivity index (χ3v) is 3.73. The normalized spacial score (nSPS) is 11.3. The lowest BCUT2D eigenvalue weighted by molar-refractivity contribution is -0.159. The Balaban J connectivity index is 2.18. The van der Waals surface area contributed by atoms with Crippen LogP contribution in [0.3, 0.4) is 0 Å². The molecule has 0 saturated heterocycles. The summed E-state index contributed by atoms with van der Waals surface area (Å²) in [6.07, 6.45) is -2.40. The number of carbonyl (C=O) groups excluding carboxylic acids is 1. The molecule has 1 amide bonds. The fourth-order valence-electron chi connectivity index (χ4n) is 2.39. The van der Waals surface area contributed by atoms with Gasteiger partial charge in [0.15, 0.2) is 11.6 Å². The molecule has 0 aliphatic heterocycles. The van der Waals surface area contributed by atoms with Gasteiger partial charge in [-0.1, -0.05) is 18.2 Å². The van der Waals surface area contributed by atoms with Gasteiger partial charge in [0.1, 0.15) is 6.54 Å². The van der Waals surface area contributed by atoms with Crippen LogP contribution in [0.25, 0.3) is 6.08 Å². The van der Waals surface area contributed by atoms with Crippen molar-refractivity contribution in [2.24, 2.45) is 0 Å². The molecule has 0 radical (unpaired) electrons. The van der Waals surface area contributed by atoms with Crippen LogP contribution in [-0.2, 0) is 11.3 Å². The quantitative estimate of drug-likeness (QED) is 0.544. The first-order valence-corrected chi connectivity index (χ1v) is 8.08. The number of nitrogens with zero attached hydrogens (tertiary/aromatic N) is 2. The zero-order valence-corrected chi connectivity index (χ0v) is 14.8. The van der Waals surface area contributed by atoms with Crippen molar-refractivity contribution in [1.82, 2.24) is 4.90 Å². The highest BCUT2D eigenvalue weighted by atomic mass is 19.4. The summed E-state index contributed by atoms with van der Waals surface area (Å²) in [5.41, 5.74) is 1.11. The Bertz CT molecular complexity index is 900. The number of hydrogen-bond donors (Lipinski definition) is 0. The number of methoxy groups -OCH3 is 1. The van der Waals surface area contributed by atoms with Crippen LogP contribution in [0.1, 0.15) is 16.7 Å². The summed E-state index contributed by atoms with van der Waals surface area (Å²) in [7, 11) is 1.30. The number of carbonyl (C=O) groups is 1. The molecule has 0 atom stereocenters. The van der Waals surface area contributed by atoms with Gasteiger partial charge in [-0.15, -0.1) is 0 Å². The maximum atomic E-state index is 13.7. The zero-order valence-electron chi connectivity index (χ0n) is 14.8. The highest BCUT2D eigenvalue weighted by Gasteiger charge is 2.32. The van der Waals surface area contributed by atoms with Gasteiger partial charge >= 0.3 is 6.18 Å². The maximum Gasteiger partial charge on any atom is 0.406 e. The van der Waals surface area contributed by atoms with Crippen molar-refractivity contribution in [2.45, 2.75) is 12.7 Å². The van der Waals surface area contributed by atoms with Gasteiger partial charge in [0.25, 0.3) is 0 Å². The van der Waals surface area contributed by atoms with E-state index in [0.717, 1.165) is 12.1 Å². The largest absolute Gasteiger partial charge is 0.494 e. The Labute approximate surface area is 159 Å². The molecule has 0 aromatic heterocycles. The SMILES string of the molecule is COc1ccc(C=CC(=O)N(Cc2ccc(C#N)cc2)CC(F)(F)F)cc1F. The summed E-state index contributed by atoms with van der Waals surface area (Å²) >= 11 is 0. The van der Waals surface area contributed by atoms with E-state index in [2.05, 4.69) is 0 Å². The number of alkyl halides is 3. The van der Waals surface area contributed by atoms with E-state index < -0.39 is 24.4 Å². The molecule has 0 bridgehead atoms. The molecule has 4 nitrogen and oxygen atoms in total. The monoisotopic (exact) mass is 392 g/mol. The predicted octanol–water partition coefficient (Wildman–Crippen LogP) is 4.31. The van der Waals surface area contributed by atoms with E-state index in [0.29, 0.717) is 21.6 Å². The molecule has 8 heteroatoms. The third-order valence-electron chi connectivity index (χ3n) is 3.73. The van der Waals surface area contributed by atoms with Crippen LogP contribution in [0, 0.1) is 17.1 Å². The molecule has 146 valence electrons. The highest BCUT2D eigenvalue weighted by Crippen LogP contribution is 2.20. The minimum absolute atomic E-state index is 0.0167. The Kier molecular flexibility index (Phi) is 6.77.